The molecule has 0 aliphatic rings. The van der Waals surface area contributed by atoms with Crippen molar-refractivity contribution >= 4 is 5.95 Å². The van der Waals surface area contributed by atoms with Crippen molar-refractivity contribution in [1.29, 1.82) is 0 Å². The van der Waals surface area contributed by atoms with Crippen LogP contribution in [0.25, 0.3) is 0 Å². The van der Waals surface area contributed by atoms with E-state index < -0.39 is 0 Å². The summed E-state index contributed by atoms with van der Waals surface area (Å²) in [6.07, 6.45) is 2.10. The highest BCUT2D eigenvalue weighted by Gasteiger charge is 2.11. The fraction of sp³-hybridized carbons (Fsp3) is 0.769. The molecule has 0 bridgehead atoms. The molecule has 0 aliphatic heterocycles. The first-order valence-electron chi connectivity index (χ1n) is 6.21. The van der Waals surface area contributed by atoms with E-state index in [0.29, 0.717) is 17.9 Å². The Labute approximate surface area is 99.3 Å². The van der Waals surface area contributed by atoms with Crippen molar-refractivity contribution < 1.29 is 0 Å². The second-order valence-electron chi connectivity index (χ2n) is 5.31. The standard InChI is InChI=1S/C13H25N3/c1-9(2)11(5)7-14-13-15-12(6)8-16(13)10(3)4/h8-11H,7H2,1-6H3,(H,14,15). The molecule has 1 heterocycles. The molecule has 0 saturated heterocycles. The topological polar surface area (TPSA) is 29.9 Å². The van der Waals surface area contributed by atoms with E-state index in [1.54, 1.807) is 0 Å². The normalized spacial score (nSPS) is 13.5. The lowest BCUT2D eigenvalue weighted by atomic mass is 9.98. The second kappa shape index (κ2) is 5.37. The van der Waals surface area contributed by atoms with Gasteiger partial charge in [0.05, 0.1) is 5.69 Å². The van der Waals surface area contributed by atoms with Gasteiger partial charge in [-0.05, 0) is 32.6 Å². The Bertz CT molecular complexity index is 326. The predicted molar refractivity (Wildman–Crippen MR) is 69.8 cm³/mol. The molecule has 0 aliphatic carbocycles. The number of nitrogens with one attached hydrogen (secondary N) is 1. The maximum Gasteiger partial charge on any atom is 0.203 e. The Kier molecular flexibility index (Phi) is 4.39. The number of nitrogens with zero attached hydrogens (tertiary/aromatic N) is 2. The molecular weight excluding hydrogens is 198 g/mol. The van der Waals surface area contributed by atoms with Crippen LogP contribution in [0.4, 0.5) is 5.95 Å². The van der Waals surface area contributed by atoms with E-state index >= 15 is 0 Å². The Morgan fingerprint density at radius 2 is 1.88 bits per heavy atom. The van der Waals surface area contributed by atoms with Crippen LogP contribution in [0.1, 0.15) is 46.4 Å². The predicted octanol–water partition coefficient (Wildman–Crippen LogP) is 3.48. The van der Waals surface area contributed by atoms with Gasteiger partial charge < -0.3 is 9.88 Å². The first kappa shape index (κ1) is 13.1. The van der Waals surface area contributed by atoms with Crippen LogP contribution in [0.2, 0.25) is 0 Å². The molecule has 3 nitrogen and oxygen atoms in total. The SMILES string of the molecule is Cc1cn(C(C)C)c(NCC(C)C(C)C)n1. The highest BCUT2D eigenvalue weighted by Crippen LogP contribution is 2.17. The van der Waals surface area contributed by atoms with Crippen LogP contribution in [-0.4, -0.2) is 16.1 Å². The summed E-state index contributed by atoms with van der Waals surface area (Å²) in [5.41, 5.74) is 1.08. The van der Waals surface area contributed by atoms with E-state index in [2.05, 4.69) is 55.7 Å². The van der Waals surface area contributed by atoms with Gasteiger partial charge in [0.15, 0.2) is 0 Å². The molecule has 16 heavy (non-hydrogen) atoms. The van der Waals surface area contributed by atoms with Gasteiger partial charge >= 0.3 is 0 Å². The van der Waals surface area contributed by atoms with E-state index in [0.717, 1.165) is 18.2 Å². The third-order valence-electron chi connectivity index (χ3n) is 3.13. The van der Waals surface area contributed by atoms with Crippen LogP contribution in [0.3, 0.4) is 0 Å². The van der Waals surface area contributed by atoms with Crippen molar-refractivity contribution in [2.24, 2.45) is 11.8 Å². The van der Waals surface area contributed by atoms with E-state index in [9.17, 15) is 0 Å². The molecule has 1 aromatic rings. The third-order valence-corrected chi connectivity index (χ3v) is 3.13. The average molecular weight is 223 g/mol. The summed E-state index contributed by atoms with van der Waals surface area (Å²) < 4.78 is 2.20. The Balaban J connectivity index is 2.66. The van der Waals surface area contributed by atoms with Gasteiger partial charge in [-0.15, -0.1) is 0 Å². The minimum absolute atomic E-state index is 0.457. The van der Waals surface area contributed by atoms with Crippen molar-refractivity contribution in [2.75, 3.05) is 11.9 Å². The van der Waals surface area contributed by atoms with Crippen molar-refractivity contribution in [1.82, 2.24) is 9.55 Å². The number of rotatable bonds is 5. The number of hydrogen-bond donors (Lipinski definition) is 1. The van der Waals surface area contributed by atoms with Gasteiger partial charge in [-0.2, -0.15) is 0 Å². The van der Waals surface area contributed by atoms with Gasteiger partial charge in [0.2, 0.25) is 5.95 Å². The van der Waals surface area contributed by atoms with Crippen LogP contribution >= 0.6 is 0 Å². The summed E-state index contributed by atoms with van der Waals surface area (Å²) in [4.78, 5) is 4.52. The lowest BCUT2D eigenvalue weighted by molar-refractivity contribution is 0.437. The minimum Gasteiger partial charge on any atom is -0.355 e. The van der Waals surface area contributed by atoms with Gasteiger partial charge in [0.1, 0.15) is 0 Å². The second-order valence-corrected chi connectivity index (χ2v) is 5.31. The molecule has 1 unspecified atom stereocenters. The fourth-order valence-corrected chi connectivity index (χ4v) is 1.53. The van der Waals surface area contributed by atoms with Crippen molar-refractivity contribution in [3.8, 4) is 0 Å². The van der Waals surface area contributed by atoms with Crippen LogP contribution in [0, 0.1) is 18.8 Å². The molecule has 0 amide bonds. The van der Waals surface area contributed by atoms with E-state index in [1.165, 1.54) is 0 Å². The number of anilines is 1. The van der Waals surface area contributed by atoms with Crippen LogP contribution in [0.5, 0.6) is 0 Å². The zero-order valence-electron chi connectivity index (χ0n) is 11.4. The van der Waals surface area contributed by atoms with E-state index in [4.69, 9.17) is 0 Å². The lowest BCUT2D eigenvalue weighted by Gasteiger charge is -2.18. The van der Waals surface area contributed by atoms with E-state index in [1.807, 2.05) is 6.92 Å². The largest absolute Gasteiger partial charge is 0.355 e. The Morgan fingerprint density at radius 3 is 2.38 bits per heavy atom. The van der Waals surface area contributed by atoms with Crippen LogP contribution in [0.15, 0.2) is 6.20 Å². The van der Waals surface area contributed by atoms with Gasteiger partial charge in [-0.1, -0.05) is 20.8 Å². The summed E-state index contributed by atoms with van der Waals surface area (Å²) in [5.74, 6) is 2.37. The zero-order chi connectivity index (χ0) is 12.3. The first-order chi connectivity index (χ1) is 7.41. The van der Waals surface area contributed by atoms with Crippen molar-refractivity contribution in [3.05, 3.63) is 11.9 Å². The number of aromatic nitrogens is 2. The van der Waals surface area contributed by atoms with Crippen molar-refractivity contribution in [2.45, 2.75) is 47.6 Å². The molecule has 1 rings (SSSR count). The molecule has 1 aromatic heterocycles. The molecule has 0 spiro atoms. The maximum absolute atomic E-state index is 4.52. The average Bonchev–Trinajstić information content (AvgIpc) is 2.56. The molecule has 0 fully saturated rings. The number of aryl methyl sites for hydroxylation is 1. The van der Waals surface area contributed by atoms with Crippen molar-refractivity contribution in [3.63, 3.8) is 0 Å². The third kappa shape index (κ3) is 3.26. The summed E-state index contributed by atoms with van der Waals surface area (Å²) in [6.45, 7) is 14.2. The molecule has 3 heteroatoms. The maximum atomic E-state index is 4.52. The Morgan fingerprint density at radius 1 is 1.25 bits per heavy atom. The quantitative estimate of drug-likeness (QED) is 0.828. The molecular formula is C13H25N3. The zero-order valence-corrected chi connectivity index (χ0v) is 11.4. The fourth-order valence-electron chi connectivity index (χ4n) is 1.53. The molecule has 0 aromatic carbocycles. The van der Waals surface area contributed by atoms with Gasteiger partial charge in [-0.25, -0.2) is 4.98 Å². The summed E-state index contributed by atoms with van der Waals surface area (Å²) >= 11 is 0. The van der Waals surface area contributed by atoms with Crippen LogP contribution in [-0.2, 0) is 0 Å². The molecule has 1 N–H and O–H groups in total. The highest BCUT2D eigenvalue weighted by molar-refractivity contribution is 5.29. The van der Waals surface area contributed by atoms with Gasteiger partial charge in [-0.3, -0.25) is 0 Å². The minimum atomic E-state index is 0.457. The molecule has 92 valence electrons. The highest BCUT2D eigenvalue weighted by atomic mass is 15.2. The van der Waals surface area contributed by atoms with Gasteiger partial charge in [0.25, 0.3) is 0 Å². The number of hydrogen-bond acceptors (Lipinski definition) is 2. The summed E-state index contributed by atoms with van der Waals surface area (Å²) in [7, 11) is 0. The molecule has 1 atom stereocenters. The molecule has 0 saturated carbocycles. The lowest BCUT2D eigenvalue weighted by Crippen LogP contribution is -2.18. The van der Waals surface area contributed by atoms with E-state index in [-0.39, 0.29) is 0 Å². The smallest absolute Gasteiger partial charge is 0.203 e. The van der Waals surface area contributed by atoms with Gasteiger partial charge in [0, 0.05) is 18.8 Å². The molecule has 0 radical (unpaired) electrons. The first-order valence-corrected chi connectivity index (χ1v) is 6.21. The number of imidazole rings is 1. The Hall–Kier alpha value is -0.990. The van der Waals surface area contributed by atoms with Crippen LogP contribution < -0.4 is 5.32 Å². The monoisotopic (exact) mass is 223 g/mol. The summed E-state index contributed by atoms with van der Waals surface area (Å²) in [5, 5.41) is 3.45. The summed E-state index contributed by atoms with van der Waals surface area (Å²) in [6, 6.07) is 0.457.